The van der Waals surface area contributed by atoms with Gasteiger partial charge in [0.1, 0.15) is 0 Å². The molecule has 0 radical (unpaired) electrons. The highest BCUT2D eigenvalue weighted by Crippen LogP contribution is 2.09. The molecule has 2 heterocycles. The monoisotopic (exact) mass is 162 g/mol. The van der Waals surface area contributed by atoms with E-state index in [9.17, 15) is 4.79 Å². The van der Waals surface area contributed by atoms with Crippen molar-refractivity contribution < 1.29 is 4.79 Å². The first-order valence-electron chi connectivity index (χ1n) is 3.43. The Kier molecular flexibility index (Phi) is 1.36. The van der Waals surface area contributed by atoms with Gasteiger partial charge in [0.2, 0.25) is 5.82 Å². The zero-order valence-electron chi connectivity index (χ0n) is 6.19. The summed E-state index contributed by atoms with van der Waals surface area (Å²) < 4.78 is 0. The van der Waals surface area contributed by atoms with Gasteiger partial charge in [-0.2, -0.15) is 0 Å². The molecule has 0 unspecified atom stereocenters. The van der Waals surface area contributed by atoms with Crippen molar-refractivity contribution in [1.29, 1.82) is 0 Å². The fourth-order valence-corrected chi connectivity index (χ4v) is 1.01. The number of aliphatic imine (C=N–C) groups is 1. The van der Waals surface area contributed by atoms with Crippen LogP contribution >= 0.6 is 0 Å². The van der Waals surface area contributed by atoms with Crippen LogP contribution in [0.5, 0.6) is 0 Å². The number of carbonyl (C=O) groups is 1. The maximum absolute atomic E-state index is 10.7. The maximum Gasteiger partial charge on any atom is 0.286 e. The molecule has 0 spiro atoms. The minimum atomic E-state index is -0.607. The molecule has 2 N–H and O–H groups in total. The summed E-state index contributed by atoms with van der Waals surface area (Å²) in [6.45, 7) is 0.512. The molecule has 1 amide bonds. The molecule has 1 aromatic rings. The highest BCUT2D eigenvalue weighted by Gasteiger charge is 2.11. The number of nitrogens with zero attached hydrogens (tertiary/aromatic N) is 3. The van der Waals surface area contributed by atoms with Crippen LogP contribution in [0.15, 0.2) is 11.2 Å². The van der Waals surface area contributed by atoms with E-state index < -0.39 is 5.91 Å². The zero-order chi connectivity index (χ0) is 8.55. The Balaban J connectivity index is 2.49. The lowest BCUT2D eigenvalue weighted by atomic mass is 10.3. The molecule has 1 aromatic heterocycles. The van der Waals surface area contributed by atoms with Crippen LogP contribution in [0.4, 0.5) is 0 Å². The number of aromatic nitrogens is 2. The third kappa shape index (κ3) is 0.952. The minimum Gasteiger partial charge on any atom is -0.363 e. The smallest absolute Gasteiger partial charge is 0.286 e. The molecular formula is C7H6N4O. The van der Waals surface area contributed by atoms with Gasteiger partial charge in [-0.15, -0.1) is 0 Å². The van der Waals surface area contributed by atoms with Gasteiger partial charge in [-0.1, -0.05) is 0 Å². The van der Waals surface area contributed by atoms with Crippen LogP contribution in [0.25, 0.3) is 0 Å². The normalized spacial score (nSPS) is 13.0. The summed E-state index contributed by atoms with van der Waals surface area (Å²) in [5, 5.41) is 0. The molecule has 5 nitrogen and oxygen atoms in total. The van der Waals surface area contributed by atoms with Crippen LogP contribution in [0.2, 0.25) is 0 Å². The van der Waals surface area contributed by atoms with Crippen LogP contribution in [-0.2, 0) is 6.54 Å². The number of rotatable bonds is 1. The fourth-order valence-electron chi connectivity index (χ4n) is 1.01. The predicted molar refractivity (Wildman–Crippen MR) is 41.8 cm³/mol. The molecule has 2 rings (SSSR count). The number of primary amides is 1. The molecule has 5 heteroatoms. The number of hydrogen-bond donors (Lipinski definition) is 1. The standard InChI is InChI=1S/C7H6N4O/c8-6(12)7-10-2-4-1-9-3-5(4)11-7/h1-2H,3H2,(H2,8,12). The van der Waals surface area contributed by atoms with Crippen molar-refractivity contribution in [2.75, 3.05) is 0 Å². The van der Waals surface area contributed by atoms with Gasteiger partial charge in [-0.05, 0) is 0 Å². The van der Waals surface area contributed by atoms with Gasteiger partial charge in [-0.25, -0.2) is 9.97 Å². The first-order valence-corrected chi connectivity index (χ1v) is 3.43. The van der Waals surface area contributed by atoms with Crippen molar-refractivity contribution in [3.63, 3.8) is 0 Å². The Bertz CT molecular complexity index is 372. The summed E-state index contributed by atoms with van der Waals surface area (Å²) in [7, 11) is 0. The minimum absolute atomic E-state index is 0.0549. The molecular weight excluding hydrogens is 156 g/mol. The maximum atomic E-state index is 10.7. The zero-order valence-corrected chi connectivity index (χ0v) is 6.19. The Morgan fingerprint density at radius 1 is 1.58 bits per heavy atom. The van der Waals surface area contributed by atoms with Gasteiger partial charge in [-0.3, -0.25) is 9.79 Å². The van der Waals surface area contributed by atoms with Crippen LogP contribution < -0.4 is 5.73 Å². The average molecular weight is 162 g/mol. The summed E-state index contributed by atoms with van der Waals surface area (Å²) >= 11 is 0. The molecule has 0 atom stereocenters. The second kappa shape index (κ2) is 2.37. The molecule has 0 bridgehead atoms. The molecule has 1 aliphatic rings. The first kappa shape index (κ1) is 6.90. The number of nitrogens with two attached hydrogens (primary N) is 1. The molecule has 0 aromatic carbocycles. The van der Waals surface area contributed by atoms with E-state index >= 15 is 0 Å². The lowest BCUT2D eigenvalue weighted by molar-refractivity contribution is 0.0990. The van der Waals surface area contributed by atoms with E-state index in [0.717, 1.165) is 11.3 Å². The second-order valence-corrected chi connectivity index (χ2v) is 2.43. The van der Waals surface area contributed by atoms with E-state index in [-0.39, 0.29) is 5.82 Å². The van der Waals surface area contributed by atoms with Crippen LogP contribution in [0, 0.1) is 0 Å². The number of amides is 1. The van der Waals surface area contributed by atoms with Gasteiger partial charge in [0.05, 0.1) is 12.2 Å². The highest BCUT2D eigenvalue weighted by atomic mass is 16.1. The van der Waals surface area contributed by atoms with Crippen LogP contribution in [0.1, 0.15) is 21.9 Å². The lowest BCUT2D eigenvalue weighted by Crippen LogP contribution is -2.16. The Labute approximate surface area is 68.4 Å². The van der Waals surface area contributed by atoms with E-state index in [1.807, 2.05) is 0 Å². The fraction of sp³-hybridized carbons (Fsp3) is 0.143. The van der Waals surface area contributed by atoms with Crippen molar-refractivity contribution in [1.82, 2.24) is 9.97 Å². The van der Waals surface area contributed by atoms with Crippen molar-refractivity contribution in [3.05, 3.63) is 23.3 Å². The molecule has 0 saturated heterocycles. The third-order valence-corrected chi connectivity index (χ3v) is 1.59. The lowest BCUT2D eigenvalue weighted by Gasteiger charge is -1.96. The summed E-state index contributed by atoms with van der Waals surface area (Å²) in [6.07, 6.45) is 3.24. The topological polar surface area (TPSA) is 81.2 Å². The number of hydrogen-bond acceptors (Lipinski definition) is 4. The summed E-state index contributed by atoms with van der Waals surface area (Å²) in [5.41, 5.74) is 6.63. The van der Waals surface area contributed by atoms with Crippen molar-refractivity contribution >= 4 is 12.1 Å². The Hall–Kier alpha value is -1.78. The van der Waals surface area contributed by atoms with Gasteiger partial charge >= 0.3 is 0 Å². The average Bonchev–Trinajstić information content (AvgIpc) is 2.49. The second-order valence-electron chi connectivity index (χ2n) is 2.43. The quantitative estimate of drug-likeness (QED) is 0.604. The molecule has 12 heavy (non-hydrogen) atoms. The number of fused-ring (bicyclic) bond motifs is 1. The molecule has 1 aliphatic heterocycles. The SMILES string of the molecule is NC(=O)c1ncc2c(n1)CN=C2. The Morgan fingerprint density at radius 3 is 3.17 bits per heavy atom. The number of carbonyl (C=O) groups excluding carboxylic acids is 1. The summed E-state index contributed by atoms with van der Waals surface area (Å²) in [4.78, 5) is 22.3. The van der Waals surface area contributed by atoms with E-state index in [1.165, 1.54) is 0 Å². The van der Waals surface area contributed by atoms with Gasteiger partial charge in [0.15, 0.2) is 0 Å². The van der Waals surface area contributed by atoms with Crippen LogP contribution in [-0.4, -0.2) is 22.1 Å². The molecule has 0 aliphatic carbocycles. The highest BCUT2D eigenvalue weighted by molar-refractivity contribution is 5.90. The van der Waals surface area contributed by atoms with Gasteiger partial charge in [0, 0.05) is 18.0 Å². The van der Waals surface area contributed by atoms with E-state index in [2.05, 4.69) is 15.0 Å². The van der Waals surface area contributed by atoms with E-state index in [4.69, 9.17) is 5.73 Å². The molecule has 60 valence electrons. The van der Waals surface area contributed by atoms with E-state index in [1.54, 1.807) is 12.4 Å². The summed E-state index contributed by atoms with van der Waals surface area (Å²) in [5.74, 6) is -0.552. The predicted octanol–water partition coefficient (Wildman–Crippen LogP) is -0.492. The van der Waals surface area contributed by atoms with Crippen molar-refractivity contribution in [2.24, 2.45) is 10.7 Å². The molecule has 0 fully saturated rings. The third-order valence-electron chi connectivity index (χ3n) is 1.59. The Morgan fingerprint density at radius 2 is 2.42 bits per heavy atom. The van der Waals surface area contributed by atoms with Gasteiger partial charge in [0.25, 0.3) is 5.91 Å². The van der Waals surface area contributed by atoms with Crippen LogP contribution in [0.3, 0.4) is 0 Å². The first-order chi connectivity index (χ1) is 5.77. The van der Waals surface area contributed by atoms with E-state index in [0.29, 0.717) is 6.54 Å². The summed E-state index contributed by atoms with van der Waals surface area (Å²) in [6, 6.07) is 0. The van der Waals surface area contributed by atoms with Crippen molar-refractivity contribution in [3.8, 4) is 0 Å². The molecule has 0 saturated carbocycles. The van der Waals surface area contributed by atoms with Crippen molar-refractivity contribution in [2.45, 2.75) is 6.54 Å². The van der Waals surface area contributed by atoms with Gasteiger partial charge < -0.3 is 5.73 Å². The largest absolute Gasteiger partial charge is 0.363 e.